The van der Waals surface area contributed by atoms with Gasteiger partial charge >= 0.3 is 0 Å². The van der Waals surface area contributed by atoms with Gasteiger partial charge in [0.05, 0.1) is 0 Å². The van der Waals surface area contributed by atoms with Crippen LogP contribution in [-0.2, 0) is 10.1 Å². The van der Waals surface area contributed by atoms with Gasteiger partial charge in [-0.25, -0.2) is 0 Å². The molecule has 0 aliphatic heterocycles. The SMILES string of the molecule is O=S(=O)(O)C(O)CC1CCCC1.[Na]. The van der Waals surface area contributed by atoms with Crippen LogP contribution in [0.4, 0.5) is 0 Å². The molecule has 0 saturated heterocycles. The van der Waals surface area contributed by atoms with Crippen molar-refractivity contribution in [1.29, 1.82) is 0 Å². The van der Waals surface area contributed by atoms with Crippen molar-refractivity contribution in [2.75, 3.05) is 0 Å². The third-order valence-corrected chi connectivity index (χ3v) is 3.23. The second-order valence-electron chi connectivity index (χ2n) is 3.36. The average molecular weight is 217 g/mol. The third kappa shape index (κ3) is 4.76. The monoisotopic (exact) mass is 217 g/mol. The average Bonchev–Trinajstić information content (AvgIpc) is 2.37. The fourth-order valence-corrected chi connectivity index (χ4v) is 2.17. The zero-order valence-corrected chi connectivity index (χ0v) is 10.6. The van der Waals surface area contributed by atoms with E-state index in [4.69, 9.17) is 9.66 Å². The van der Waals surface area contributed by atoms with Gasteiger partial charge in [-0.3, -0.25) is 4.55 Å². The molecule has 1 saturated carbocycles. The van der Waals surface area contributed by atoms with Crippen LogP contribution in [-0.4, -0.2) is 53.1 Å². The molecule has 0 aromatic rings. The van der Waals surface area contributed by atoms with E-state index in [0.717, 1.165) is 25.7 Å². The van der Waals surface area contributed by atoms with E-state index in [1.807, 2.05) is 0 Å². The molecule has 6 heteroatoms. The van der Waals surface area contributed by atoms with Gasteiger partial charge in [0.25, 0.3) is 10.1 Å². The molecule has 1 fully saturated rings. The van der Waals surface area contributed by atoms with Gasteiger partial charge in [0.15, 0.2) is 5.44 Å². The van der Waals surface area contributed by atoms with Crippen LogP contribution in [0.3, 0.4) is 0 Å². The summed E-state index contributed by atoms with van der Waals surface area (Å²) in [6.07, 6.45) is 4.31. The summed E-state index contributed by atoms with van der Waals surface area (Å²) in [6.45, 7) is 0. The summed E-state index contributed by atoms with van der Waals surface area (Å²) in [4.78, 5) is 0. The van der Waals surface area contributed by atoms with Crippen molar-refractivity contribution in [2.45, 2.75) is 37.5 Å². The van der Waals surface area contributed by atoms with E-state index in [2.05, 4.69) is 0 Å². The Morgan fingerprint density at radius 3 is 2.15 bits per heavy atom. The second-order valence-corrected chi connectivity index (χ2v) is 4.93. The molecule has 73 valence electrons. The molecule has 0 spiro atoms. The van der Waals surface area contributed by atoms with Crippen LogP contribution >= 0.6 is 0 Å². The summed E-state index contributed by atoms with van der Waals surface area (Å²) >= 11 is 0. The summed E-state index contributed by atoms with van der Waals surface area (Å²) in [5.74, 6) is 0.266. The second kappa shape index (κ2) is 5.68. The molecule has 4 nitrogen and oxygen atoms in total. The van der Waals surface area contributed by atoms with Gasteiger partial charge < -0.3 is 5.11 Å². The first-order chi connectivity index (χ1) is 5.50. The van der Waals surface area contributed by atoms with E-state index in [1.54, 1.807) is 0 Å². The zero-order valence-electron chi connectivity index (χ0n) is 7.81. The predicted molar refractivity (Wildman–Crippen MR) is 49.9 cm³/mol. The maximum absolute atomic E-state index is 10.4. The van der Waals surface area contributed by atoms with E-state index in [0.29, 0.717) is 0 Å². The first-order valence-corrected chi connectivity index (χ1v) is 5.65. The number of aliphatic hydroxyl groups is 1. The molecule has 1 rings (SSSR count). The van der Waals surface area contributed by atoms with Crippen molar-refractivity contribution in [1.82, 2.24) is 0 Å². The fraction of sp³-hybridized carbons (Fsp3) is 1.00. The Kier molecular flexibility index (Phi) is 6.06. The molecule has 2 N–H and O–H groups in total. The molecule has 1 atom stereocenters. The zero-order chi connectivity index (χ0) is 9.19. The van der Waals surface area contributed by atoms with Crippen LogP contribution in [0.5, 0.6) is 0 Å². The summed E-state index contributed by atoms with van der Waals surface area (Å²) < 4.78 is 29.3. The van der Waals surface area contributed by atoms with Crippen LogP contribution in [0.15, 0.2) is 0 Å². The van der Waals surface area contributed by atoms with Crippen LogP contribution in [0.2, 0.25) is 0 Å². The molecule has 0 heterocycles. The molecule has 0 aromatic carbocycles. The topological polar surface area (TPSA) is 74.6 Å². The molecule has 0 aromatic heterocycles. The molecule has 1 aliphatic carbocycles. The molecule has 1 unspecified atom stereocenters. The Balaban J connectivity index is 0.00000144. The number of aliphatic hydroxyl groups excluding tert-OH is 1. The van der Waals surface area contributed by atoms with Gasteiger partial charge in [-0.1, -0.05) is 25.7 Å². The minimum Gasteiger partial charge on any atom is -0.375 e. The van der Waals surface area contributed by atoms with Crippen molar-refractivity contribution in [3.05, 3.63) is 0 Å². The minimum atomic E-state index is -4.23. The van der Waals surface area contributed by atoms with E-state index in [9.17, 15) is 8.42 Å². The molecule has 0 amide bonds. The number of rotatable bonds is 3. The summed E-state index contributed by atoms with van der Waals surface area (Å²) in [7, 11) is -4.23. The number of hydrogen-bond donors (Lipinski definition) is 2. The van der Waals surface area contributed by atoms with Crippen molar-refractivity contribution in [3.8, 4) is 0 Å². The Bertz CT molecular complexity index is 233. The van der Waals surface area contributed by atoms with E-state index >= 15 is 0 Å². The molecule has 1 aliphatic rings. The van der Waals surface area contributed by atoms with Gasteiger partial charge in [-0.15, -0.1) is 0 Å². The van der Waals surface area contributed by atoms with Crippen LogP contribution in [0.25, 0.3) is 0 Å². The summed E-state index contributed by atoms with van der Waals surface area (Å²) in [6, 6.07) is 0. The van der Waals surface area contributed by atoms with Crippen molar-refractivity contribution in [3.63, 3.8) is 0 Å². The third-order valence-electron chi connectivity index (χ3n) is 2.35. The summed E-state index contributed by atoms with van der Waals surface area (Å²) in [5, 5.41) is 9.01. The molecule has 0 bridgehead atoms. The van der Waals surface area contributed by atoms with E-state index < -0.39 is 15.6 Å². The van der Waals surface area contributed by atoms with E-state index in [1.165, 1.54) is 0 Å². The molecular formula is C7H14NaO4S. The molecule has 1 radical (unpaired) electrons. The van der Waals surface area contributed by atoms with E-state index in [-0.39, 0.29) is 41.9 Å². The Morgan fingerprint density at radius 1 is 1.31 bits per heavy atom. The van der Waals surface area contributed by atoms with Crippen molar-refractivity contribution in [2.24, 2.45) is 5.92 Å². The first-order valence-electron chi connectivity index (χ1n) is 4.14. The van der Waals surface area contributed by atoms with Gasteiger partial charge in [-0.05, 0) is 12.3 Å². The van der Waals surface area contributed by atoms with Crippen LogP contribution in [0, 0.1) is 5.92 Å². The fourth-order valence-electron chi connectivity index (χ4n) is 1.65. The predicted octanol–water partition coefficient (Wildman–Crippen LogP) is 0.392. The standard InChI is InChI=1S/C7H14O4S.Na/c8-7(12(9,10)11)5-6-3-1-2-4-6;/h6-8H,1-5H2,(H,9,10,11);. The Hall–Kier alpha value is 0.870. The van der Waals surface area contributed by atoms with Crippen LogP contribution < -0.4 is 0 Å². The smallest absolute Gasteiger partial charge is 0.291 e. The Morgan fingerprint density at radius 2 is 1.77 bits per heavy atom. The first kappa shape index (κ1) is 13.9. The maximum atomic E-state index is 10.4. The Labute approximate surface area is 101 Å². The molecular weight excluding hydrogens is 203 g/mol. The van der Waals surface area contributed by atoms with Crippen molar-refractivity contribution < 1.29 is 18.1 Å². The normalized spacial score (nSPS) is 21.1. The number of hydrogen-bond acceptors (Lipinski definition) is 3. The minimum absolute atomic E-state index is 0. The van der Waals surface area contributed by atoms with Crippen molar-refractivity contribution >= 4 is 39.7 Å². The van der Waals surface area contributed by atoms with Crippen LogP contribution in [0.1, 0.15) is 32.1 Å². The van der Waals surface area contributed by atoms with Gasteiger partial charge in [-0.2, -0.15) is 8.42 Å². The van der Waals surface area contributed by atoms with Gasteiger partial charge in [0, 0.05) is 29.6 Å². The maximum Gasteiger partial charge on any atom is 0.291 e. The summed E-state index contributed by atoms with van der Waals surface area (Å²) in [5.41, 5.74) is -1.58. The largest absolute Gasteiger partial charge is 0.375 e. The van der Waals surface area contributed by atoms with Gasteiger partial charge in [0.2, 0.25) is 0 Å². The molecule has 13 heavy (non-hydrogen) atoms. The van der Waals surface area contributed by atoms with Gasteiger partial charge in [0.1, 0.15) is 0 Å². The quantitative estimate of drug-likeness (QED) is 0.530.